The third-order valence-corrected chi connectivity index (χ3v) is 3.09. The highest BCUT2D eigenvalue weighted by Gasteiger charge is 2.13. The van der Waals surface area contributed by atoms with E-state index >= 15 is 0 Å². The van der Waals surface area contributed by atoms with Gasteiger partial charge in [-0.25, -0.2) is 0 Å². The van der Waals surface area contributed by atoms with Gasteiger partial charge in [-0.3, -0.25) is 0 Å². The van der Waals surface area contributed by atoms with Crippen LogP contribution in [0.15, 0.2) is 0 Å². The van der Waals surface area contributed by atoms with Crippen molar-refractivity contribution in [1.29, 1.82) is 0 Å². The molecule has 0 amide bonds. The topological polar surface area (TPSA) is 12.0 Å². The second-order valence-corrected chi connectivity index (χ2v) is 4.22. The standard InChI is InChI=1S/C11H23N/c1-3-10(2)12-9-11-7-5-4-6-8-11/h10-12H,3-9H2,1-2H3/t10-/m0/s1. The van der Waals surface area contributed by atoms with Crippen LogP contribution < -0.4 is 5.32 Å². The minimum absolute atomic E-state index is 0.715. The van der Waals surface area contributed by atoms with E-state index < -0.39 is 0 Å². The number of nitrogens with one attached hydrogen (secondary N) is 1. The Bertz CT molecular complexity index is 106. The van der Waals surface area contributed by atoms with Crippen LogP contribution in [0, 0.1) is 5.92 Å². The van der Waals surface area contributed by atoms with Gasteiger partial charge in [-0.2, -0.15) is 0 Å². The average Bonchev–Trinajstić information content (AvgIpc) is 2.16. The second kappa shape index (κ2) is 5.58. The molecule has 1 rings (SSSR count). The van der Waals surface area contributed by atoms with Gasteiger partial charge in [0.1, 0.15) is 0 Å². The normalized spacial score (nSPS) is 22.5. The zero-order valence-electron chi connectivity index (χ0n) is 8.60. The van der Waals surface area contributed by atoms with E-state index in [0.29, 0.717) is 6.04 Å². The summed E-state index contributed by atoms with van der Waals surface area (Å²) in [6.07, 6.45) is 8.58. The Balaban J connectivity index is 2.05. The molecule has 12 heavy (non-hydrogen) atoms. The number of hydrogen-bond acceptors (Lipinski definition) is 1. The Morgan fingerprint density at radius 2 is 1.92 bits per heavy atom. The van der Waals surface area contributed by atoms with Gasteiger partial charge in [0.05, 0.1) is 0 Å². The van der Waals surface area contributed by atoms with Gasteiger partial charge in [0.15, 0.2) is 0 Å². The zero-order valence-corrected chi connectivity index (χ0v) is 8.60. The molecule has 1 atom stereocenters. The molecule has 0 aliphatic heterocycles. The molecule has 0 unspecified atom stereocenters. The molecule has 1 nitrogen and oxygen atoms in total. The first-order valence-corrected chi connectivity index (χ1v) is 5.56. The molecule has 0 bridgehead atoms. The van der Waals surface area contributed by atoms with E-state index in [9.17, 15) is 0 Å². The summed E-state index contributed by atoms with van der Waals surface area (Å²) >= 11 is 0. The maximum absolute atomic E-state index is 3.60. The molecule has 1 N–H and O–H groups in total. The van der Waals surface area contributed by atoms with E-state index in [4.69, 9.17) is 0 Å². The van der Waals surface area contributed by atoms with Gasteiger partial charge in [-0.1, -0.05) is 26.2 Å². The lowest BCUT2D eigenvalue weighted by Gasteiger charge is -2.23. The Morgan fingerprint density at radius 3 is 2.50 bits per heavy atom. The summed E-state index contributed by atoms with van der Waals surface area (Å²) in [7, 11) is 0. The van der Waals surface area contributed by atoms with E-state index in [0.717, 1.165) is 5.92 Å². The lowest BCUT2D eigenvalue weighted by atomic mass is 9.89. The first-order valence-electron chi connectivity index (χ1n) is 5.56. The van der Waals surface area contributed by atoms with Crippen LogP contribution in [-0.4, -0.2) is 12.6 Å². The quantitative estimate of drug-likeness (QED) is 0.682. The van der Waals surface area contributed by atoms with Crippen LogP contribution in [0.3, 0.4) is 0 Å². The van der Waals surface area contributed by atoms with Crippen LogP contribution in [-0.2, 0) is 0 Å². The van der Waals surface area contributed by atoms with Crippen molar-refractivity contribution in [3.63, 3.8) is 0 Å². The van der Waals surface area contributed by atoms with Crippen LogP contribution in [0.5, 0.6) is 0 Å². The molecule has 1 aliphatic carbocycles. The highest BCUT2D eigenvalue weighted by Crippen LogP contribution is 2.22. The van der Waals surface area contributed by atoms with Crippen molar-refractivity contribution in [3.05, 3.63) is 0 Å². The van der Waals surface area contributed by atoms with Gasteiger partial charge < -0.3 is 5.32 Å². The highest BCUT2D eigenvalue weighted by molar-refractivity contribution is 4.69. The molecule has 1 aliphatic rings. The summed E-state index contributed by atoms with van der Waals surface area (Å²) in [5.41, 5.74) is 0. The van der Waals surface area contributed by atoms with E-state index in [1.54, 1.807) is 0 Å². The summed E-state index contributed by atoms with van der Waals surface area (Å²) in [4.78, 5) is 0. The summed E-state index contributed by atoms with van der Waals surface area (Å²) < 4.78 is 0. The molecule has 0 spiro atoms. The molecule has 1 heteroatoms. The first-order chi connectivity index (χ1) is 5.83. The second-order valence-electron chi connectivity index (χ2n) is 4.22. The van der Waals surface area contributed by atoms with Crippen LogP contribution in [0.1, 0.15) is 52.4 Å². The lowest BCUT2D eigenvalue weighted by molar-refractivity contribution is 0.329. The summed E-state index contributed by atoms with van der Waals surface area (Å²) in [5, 5.41) is 3.60. The predicted octanol–water partition coefficient (Wildman–Crippen LogP) is 2.95. The minimum Gasteiger partial charge on any atom is -0.314 e. The van der Waals surface area contributed by atoms with Gasteiger partial charge in [0.2, 0.25) is 0 Å². The molecular formula is C11H23N. The van der Waals surface area contributed by atoms with Crippen molar-refractivity contribution in [2.24, 2.45) is 5.92 Å². The Hall–Kier alpha value is -0.0400. The molecule has 0 heterocycles. The fourth-order valence-electron chi connectivity index (χ4n) is 1.90. The Labute approximate surface area is 76.9 Å². The summed E-state index contributed by atoms with van der Waals surface area (Å²) in [6.45, 7) is 5.79. The number of rotatable bonds is 4. The van der Waals surface area contributed by atoms with E-state index in [1.807, 2.05) is 0 Å². The van der Waals surface area contributed by atoms with Gasteiger partial charge in [-0.05, 0) is 38.6 Å². The van der Waals surface area contributed by atoms with Gasteiger partial charge in [0, 0.05) is 6.04 Å². The molecule has 72 valence electrons. The third-order valence-electron chi connectivity index (χ3n) is 3.09. The molecule has 1 saturated carbocycles. The average molecular weight is 169 g/mol. The van der Waals surface area contributed by atoms with Crippen LogP contribution in [0.2, 0.25) is 0 Å². The maximum Gasteiger partial charge on any atom is 0.00362 e. The third kappa shape index (κ3) is 3.57. The van der Waals surface area contributed by atoms with Crippen molar-refractivity contribution in [2.45, 2.75) is 58.4 Å². The fourth-order valence-corrected chi connectivity index (χ4v) is 1.90. The van der Waals surface area contributed by atoms with Crippen LogP contribution in [0.4, 0.5) is 0 Å². The monoisotopic (exact) mass is 169 g/mol. The SMILES string of the molecule is CC[C@H](C)NCC1CCCCC1. The van der Waals surface area contributed by atoms with Crippen molar-refractivity contribution >= 4 is 0 Å². The van der Waals surface area contributed by atoms with Crippen molar-refractivity contribution < 1.29 is 0 Å². The van der Waals surface area contributed by atoms with Gasteiger partial charge in [-0.15, -0.1) is 0 Å². The Morgan fingerprint density at radius 1 is 1.25 bits per heavy atom. The minimum atomic E-state index is 0.715. The molecule has 0 aromatic carbocycles. The fraction of sp³-hybridized carbons (Fsp3) is 1.00. The molecule has 0 aromatic rings. The maximum atomic E-state index is 3.60. The zero-order chi connectivity index (χ0) is 8.81. The van der Waals surface area contributed by atoms with E-state index in [-0.39, 0.29) is 0 Å². The van der Waals surface area contributed by atoms with Crippen LogP contribution in [0.25, 0.3) is 0 Å². The predicted molar refractivity (Wildman–Crippen MR) is 54.3 cm³/mol. The van der Waals surface area contributed by atoms with E-state index in [2.05, 4.69) is 19.2 Å². The van der Waals surface area contributed by atoms with Crippen molar-refractivity contribution in [2.75, 3.05) is 6.54 Å². The van der Waals surface area contributed by atoms with Gasteiger partial charge in [0.25, 0.3) is 0 Å². The number of hydrogen-bond donors (Lipinski definition) is 1. The Kier molecular flexibility index (Phi) is 4.67. The van der Waals surface area contributed by atoms with Crippen LogP contribution >= 0.6 is 0 Å². The van der Waals surface area contributed by atoms with Crippen molar-refractivity contribution in [3.8, 4) is 0 Å². The largest absolute Gasteiger partial charge is 0.314 e. The highest BCUT2D eigenvalue weighted by atomic mass is 14.9. The van der Waals surface area contributed by atoms with E-state index in [1.165, 1.54) is 45.1 Å². The molecule has 0 saturated heterocycles. The summed E-state index contributed by atoms with van der Waals surface area (Å²) in [5.74, 6) is 0.979. The molecular weight excluding hydrogens is 146 g/mol. The lowest BCUT2D eigenvalue weighted by Crippen LogP contribution is -2.31. The smallest absolute Gasteiger partial charge is 0.00362 e. The molecule has 0 aromatic heterocycles. The van der Waals surface area contributed by atoms with Gasteiger partial charge >= 0.3 is 0 Å². The molecule has 1 fully saturated rings. The molecule has 0 radical (unpaired) electrons. The summed E-state index contributed by atoms with van der Waals surface area (Å²) in [6, 6.07) is 0.715. The van der Waals surface area contributed by atoms with Crippen molar-refractivity contribution in [1.82, 2.24) is 5.32 Å². The first kappa shape index (κ1) is 10.0.